The molecule has 1 aliphatic rings. The third-order valence-electron chi connectivity index (χ3n) is 3.62. The van der Waals surface area contributed by atoms with Gasteiger partial charge in [-0.25, -0.2) is 8.42 Å². The zero-order valence-electron chi connectivity index (χ0n) is 12.0. The summed E-state index contributed by atoms with van der Waals surface area (Å²) in [4.78, 5) is 23.3. The molecule has 0 radical (unpaired) electrons. The smallest absolute Gasteiger partial charge is 0.305 e. The maximum absolute atomic E-state index is 11.6. The van der Waals surface area contributed by atoms with Gasteiger partial charge in [-0.05, 0) is 18.8 Å². The molecule has 2 heterocycles. The number of piperidine rings is 1. The molecule has 0 unspecified atom stereocenters. The summed E-state index contributed by atoms with van der Waals surface area (Å²) in [5.74, 6) is -0.165. The van der Waals surface area contributed by atoms with E-state index in [0.717, 1.165) is 23.7 Å². The standard InChI is InChI=1S/C12H17N3O5S2/c1-22(19,20)11-7-9(15(17)18)12(21-11)14-4-2-8(3-5-14)6-10(13)16/h7-8H,2-6H2,1H3,(H2,13,16). The highest BCUT2D eigenvalue weighted by atomic mass is 32.2. The largest absolute Gasteiger partial charge is 0.370 e. The first-order valence-corrected chi connectivity index (χ1v) is 9.41. The van der Waals surface area contributed by atoms with Gasteiger partial charge < -0.3 is 10.6 Å². The summed E-state index contributed by atoms with van der Waals surface area (Å²) in [6, 6.07) is 1.12. The lowest BCUT2D eigenvalue weighted by Crippen LogP contribution is -2.34. The van der Waals surface area contributed by atoms with E-state index in [1.165, 1.54) is 0 Å². The fourth-order valence-electron chi connectivity index (χ4n) is 2.52. The van der Waals surface area contributed by atoms with Crippen molar-refractivity contribution in [3.63, 3.8) is 0 Å². The van der Waals surface area contributed by atoms with Crippen molar-refractivity contribution < 1.29 is 18.1 Å². The number of amides is 1. The van der Waals surface area contributed by atoms with Gasteiger partial charge in [0.15, 0.2) is 14.8 Å². The van der Waals surface area contributed by atoms with Crippen LogP contribution in [0.25, 0.3) is 0 Å². The molecule has 10 heteroatoms. The second kappa shape index (κ2) is 6.21. The van der Waals surface area contributed by atoms with Crippen molar-refractivity contribution in [2.75, 3.05) is 24.2 Å². The third-order valence-corrected chi connectivity index (χ3v) is 6.61. The summed E-state index contributed by atoms with van der Waals surface area (Å²) in [5.41, 5.74) is 5.00. The van der Waals surface area contributed by atoms with Crippen molar-refractivity contribution >= 4 is 37.8 Å². The first-order valence-electron chi connectivity index (χ1n) is 6.70. The lowest BCUT2D eigenvalue weighted by Gasteiger charge is -2.31. The number of sulfone groups is 1. The second-order valence-electron chi connectivity index (χ2n) is 5.39. The van der Waals surface area contributed by atoms with Crippen LogP contribution in [0.5, 0.6) is 0 Å². The number of nitro groups is 1. The molecule has 0 saturated carbocycles. The topological polar surface area (TPSA) is 124 Å². The molecule has 0 aliphatic carbocycles. The number of carbonyl (C=O) groups is 1. The number of carbonyl (C=O) groups excluding carboxylic acids is 1. The fourth-order valence-corrected chi connectivity index (χ4v) is 4.59. The molecule has 0 bridgehead atoms. The van der Waals surface area contributed by atoms with Gasteiger partial charge in [-0.3, -0.25) is 14.9 Å². The number of hydrogen-bond donors (Lipinski definition) is 1. The second-order valence-corrected chi connectivity index (χ2v) is 8.66. The quantitative estimate of drug-likeness (QED) is 0.629. The Kier molecular flexibility index (Phi) is 4.71. The van der Waals surface area contributed by atoms with Crippen molar-refractivity contribution in [2.45, 2.75) is 23.5 Å². The van der Waals surface area contributed by atoms with Crippen LogP contribution in [0.1, 0.15) is 19.3 Å². The lowest BCUT2D eigenvalue weighted by atomic mass is 9.93. The van der Waals surface area contributed by atoms with Crippen LogP contribution in [0.15, 0.2) is 10.3 Å². The van der Waals surface area contributed by atoms with Crippen molar-refractivity contribution in [1.82, 2.24) is 0 Å². The molecule has 122 valence electrons. The Hall–Kier alpha value is -1.68. The number of rotatable bonds is 5. The average Bonchev–Trinajstić information content (AvgIpc) is 2.84. The maximum atomic E-state index is 11.6. The van der Waals surface area contributed by atoms with Crippen LogP contribution in [0.4, 0.5) is 10.7 Å². The van der Waals surface area contributed by atoms with Gasteiger partial charge in [0.25, 0.3) is 0 Å². The summed E-state index contributed by atoms with van der Waals surface area (Å²) in [5, 5.41) is 11.5. The van der Waals surface area contributed by atoms with E-state index in [-0.39, 0.29) is 21.7 Å². The molecule has 8 nitrogen and oxygen atoms in total. The van der Waals surface area contributed by atoms with Crippen LogP contribution in [0, 0.1) is 16.0 Å². The minimum atomic E-state index is -3.48. The molecule has 1 aliphatic heterocycles. The zero-order valence-corrected chi connectivity index (χ0v) is 13.7. The van der Waals surface area contributed by atoms with E-state index < -0.39 is 14.8 Å². The Bertz CT molecular complexity index is 690. The van der Waals surface area contributed by atoms with Crippen LogP contribution in [0.3, 0.4) is 0 Å². The van der Waals surface area contributed by atoms with E-state index in [4.69, 9.17) is 5.73 Å². The van der Waals surface area contributed by atoms with Crippen LogP contribution in [-0.2, 0) is 14.6 Å². The molecule has 2 rings (SSSR count). The molecule has 2 N–H and O–H groups in total. The third kappa shape index (κ3) is 3.74. The Labute approximate surface area is 132 Å². The summed E-state index contributed by atoms with van der Waals surface area (Å²) >= 11 is 0.921. The Morgan fingerprint density at radius 1 is 1.50 bits per heavy atom. The van der Waals surface area contributed by atoms with E-state index in [2.05, 4.69) is 0 Å². The van der Waals surface area contributed by atoms with E-state index >= 15 is 0 Å². The van der Waals surface area contributed by atoms with Crippen molar-refractivity contribution in [2.24, 2.45) is 11.7 Å². The monoisotopic (exact) mass is 347 g/mol. The first kappa shape index (κ1) is 16.7. The molecule has 0 atom stereocenters. The first-order chi connectivity index (χ1) is 10.2. The van der Waals surface area contributed by atoms with Gasteiger partial charge in [-0.1, -0.05) is 11.3 Å². The molecule has 1 aromatic heterocycles. The Balaban J connectivity index is 2.21. The van der Waals surface area contributed by atoms with Crippen LogP contribution >= 0.6 is 11.3 Å². The number of thiophene rings is 1. The van der Waals surface area contributed by atoms with Crippen LogP contribution in [0.2, 0.25) is 0 Å². The highest BCUT2D eigenvalue weighted by molar-refractivity contribution is 7.92. The molecule has 22 heavy (non-hydrogen) atoms. The van der Waals surface area contributed by atoms with Crippen molar-refractivity contribution in [1.29, 1.82) is 0 Å². The molecule has 1 amide bonds. The number of nitrogens with two attached hydrogens (primary N) is 1. The van der Waals surface area contributed by atoms with Gasteiger partial charge in [0.2, 0.25) is 5.91 Å². The Morgan fingerprint density at radius 2 is 2.09 bits per heavy atom. The summed E-state index contributed by atoms with van der Waals surface area (Å²) in [6.07, 6.45) is 2.75. The van der Waals surface area contributed by atoms with Crippen LogP contribution < -0.4 is 10.6 Å². The average molecular weight is 347 g/mol. The SMILES string of the molecule is CS(=O)(=O)c1cc([N+](=O)[O-])c(N2CCC(CC(N)=O)CC2)s1. The molecule has 1 fully saturated rings. The maximum Gasteiger partial charge on any atom is 0.305 e. The summed E-state index contributed by atoms with van der Waals surface area (Å²) in [7, 11) is -3.48. The zero-order chi connectivity index (χ0) is 16.5. The van der Waals surface area contributed by atoms with E-state index in [0.29, 0.717) is 37.4 Å². The number of nitrogens with zero attached hydrogens (tertiary/aromatic N) is 2. The number of anilines is 1. The van der Waals surface area contributed by atoms with Crippen molar-refractivity contribution in [3.8, 4) is 0 Å². The highest BCUT2D eigenvalue weighted by Crippen LogP contribution is 2.41. The van der Waals surface area contributed by atoms with E-state index in [1.807, 2.05) is 4.90 Å². The predicted octanol–water partition coefficient (Wildman–Crippen LogP) is 1.15. The van der Waals surface area contributed by atoms with E-state index in [9.17, 15) is 23.3 Å². The molecular formula is C12H17N3O5S2. The number of hydrogen-bond acceptors (Lipinski definition) is 7. The number of primary amides is 1. The van der Waals surface area contributed by atoms with Crippen molar-refractivity contribution in [3.05, 3.63) is 16.2 Å². The molecule has 1 saturated heterocycles. The molecule has 1 aromatic rings. The minimum absolute atomic E-state index is 0.00606. The van der Waals surface area contributed by atoms with Gasteiger partial charge >= 0.3 is 5.69 Å². The van der Waals surface area contributed by atoms with Crippen LogP contribution in [-0.4, -0.2) is 38.6 Å². The normalized spacial score (nSPS) is 16.7. The highest BCUT2D eigenvalue weighted by Gasteiger charge is 2.30. The Morgan fingerprint density at radius 3 is 2.55 bits per heavy atom. The fraction of sp³-hybridized carbons (Fsp3) is 0.583. The lowest BCUT2D eigenvalue weighted by molar-refractivity contribution is -0.383. The minimum Gasteiger partial charge on any atom is -0.370 e. The van der Waals surface area contributed by atoms with E-state index in [1.54, 1.807) is 0 Å². The molecule has 0 aromatic carbocycles. The van der Waals surface area contributed by atoms with Gasteiger partial charge in [0.05, 0.1) is 4.92 Å². The van der Waals surface area contributed by atoms with Gasteiger partial charge in [0, 0.05) is 31.8 Å². The predicted molar refractivity (Wildman–Crippen MR) is 82.8 cm³/mol. The van der Waals surface area contributed by atoms with Gasteiger partial charge in [0.1, 0.15) is 4.21 Å². The summed E-state index contributed by atoms with van der Waals surface area (Å²) in [6.45, 7) is 1.09. The van der Waals surface area contributed by atoms with Gasteiger partial charge in [-0.15, -0.1) is 0 Å². The summed E-state index contributed by atoms with van der Waals surface area (Å²) < 4.78 is 23.2. The molecular weight excluding hydrogens is 330 g/mol. The van der Waals surface area contributed by atoms with Gasteiger partial charge in [-0.2, -0.15) is 0 Å². The molecule has 0 spiro atoms.